The minimum atomic E-state index is -4.44. The fourth-order valence-electron chi connectivity index (χ4n) is 2.50. The Morgan fingerprint density at radius 2 is 2.14 bits per heavy atom. The van der Waals surface area contributed by atoms with Gasteiger partial charge in [0.1, 0.15) is 18.1 Å². The minimum absolute atomic E-state index is 0.142. The van der Waals surface area contributed by atoms with Crippen LogP contribution in [0.25, 0.3) is 11.2 Å². The van der Waals surface area contributed by atoms with Crippen LogP contribution in [0.3, 0.4) is 0 Å². The summed E-state index contributed by atoms with van der Waals surface area (Å²) >= 11 is 0. The molecule has 1 aliphatic heterocycles. The molecule has 3 rings (SSSR count). The summed E-state index contributed by atoms with van der Waals surface area (Å²) in [5.41, 5.74) is 6.23. The van der Waals surface area contributed by atoms with Gasteiger partial charge in [-0.2, -0.15) is 13.2 Å². The SMILES string of the molecule is Nc1ncnc2c1ncn2[C@H]1C[C@H](C(F)(F)F)[C@@H](CO)O1. The van der Waals surface area contributed by atoms with Gasteiger partial charge in [0.2, 0.25) is 0 Å². The van der Waals surface area contributed by atoms with Crippen LogP contribution in [-0.4, -0.2) is 43.5 Å². The molecular weight excluding hydrogens is 291 g/mol. The molecule has 10 heteroatoms. The van der Waals surface area contributed by atoms with Crippen molar-refractivity contribution in [3.63, 3.8) is 0 Å². The van der Waals surface area contributed by atoms with Crippen molar-refractivity contribution in [3.8, 4) is 0 Å². The molecule has 3 atom stereocenters. The molecule has 0 amide bonds. The van der Waals surface area contributed by atoms with E-state index in [0.717, 1.165) is 0 Å². The molecule has 114 valence electrons. The first-order valence-electron chi connectivity index (χ1n) is 6.18. The van der Waals surface area contributed by atoms with E-state index in [2.05, 4.69) is 15.0 Å². The van der Waals surface area contributed by atoms with Crippen LogP contribution in [0.2, 0.25) is 0 Å². The molecule has 21 heavy (non-hydrogen) atoms. The van der Waals surface area contributed by atoms with Crippen molar-refractivity contribution in [2.45, 2.75) is 24.9 Å². The maximum atomic E-state index is 12.9. The normalized spacial score (nSPS) is 26.6. The van der Waals surface area contributed by atoms with Gasteiger partial charge in [0.05, 0.1) is 25.0 Å². The number of hydrogen-bond acceptors (Lipinski definition) is 6. The molecule has 2 aromatic heterocycles. The van der Waals surface area contributed by atoms with Crippen LogP contribution in [0.4, 0.5) is 19.0 Å². The highest BCUT2D eigenvalue weighted by molar-refractivity contribution is 5.81. The molecule has 1 fully saturated rings. The van der Waals surface area contributed by atoms with E-state index in [4.69, 9.17) is 15.6 Å². The zero-order valence-electron chi connectivity index (χ0n) is 10.7. The summed E-state index contributed by atoms with van der Waals surface area (Å²) in [6.45, 7) is -0.704. The summed E-state index contributed by atoms with van der Waals surface area (Å²) in [4.78, 5) is 11.7. The molecule has 3 N–H and O–H groups in total. The predicted molar refractivity (Wildman–Crippen MR) is 64.9 cm³/mol. The lowest BCUT2D eigenvalue weighted by atomic mass is 10.0. The molecule has 0 unspecified atom stereocenters. The number of nitrogen functional groups attached to an aromatic ring is 1. The molecule has 1 aliphatic rings. The molecule has 0 saturated carbocycles. The first kappa shape index (κ1) is 14.0. The van der Waals surface area contributed by atoms with Gasteiger partial charge in [-0.05, 0) is 0 Å². The predicted octanol–water partition coefficient (Wildman–Crippen LogP) is 0.867. The molecule has 3 heterocycles. The van der Waals surface area contributed by atoms with Crippen molar-refractivity contribution >= 4 is 17.0 Å². The van der Waals surface area contributed by atoms with Crippen LogP contribution in [-0.2, 0) is 4.74 Å². The summed E-state index contributed by atoms with van der Waals surface area (Å²) < 4.78 is 45.5. The van der Waals surface area contributed by atoms with Crippen molar-refractivity contribution in [2.24, 2.45) is 5.92 Å². The van der Waals surface area contributed by atoms with Gasteiger partial charge >= 0.3 is 6.18 Å². The van der Waals surface area contributed by atoms with Crippen LogP contribution in [0, 0.1) is 5.92 Å². The van der Waals surface area contributed by atoms with E-state index in [0.29, 0.717) is 11.2 Å². The number of halogens is 3. The zero-order valence-corrected chi connectivity index (χ0v) is 10.7. The Morgan fingerprint density at radius 3 is 2.76 bits per heavy atom. The van der Waals surface area contributed by atoms with Crippen LogP contribution in [0.5, 0.6) is 0 Å². The van der Waals surface area contributed by atoms with Crippen molar-refractivity contribution in [2.75, 3.05) is 12.3 Å². The number of aliphatic hydroxyl groups excluding tert-OH is 1. The second-order valence-corrected chi connectivity index (χ2v) is 4.78. The van der Waals surface area contributed by atoms with Crippen LogP contribution < -0.4 is 5.73 Å². The van der Waals surface area contributed by atoms with Gasteiger partial charge in [-0.15, -0.1) is 0 Å². The number of anilines is 1. The zero-order chi connectivity index (χ0) is 15.2. The third kappa shape index (κ3) is 2.29. The van der Waals surface area contributed by atoms with Gasteiger partial charge in [-0.1, -0.05) is 0 Å². The third-order valence-corrected chi connectivity index (χ3v) is 3.53. The van der Waals surface area contributed by atoms with Gasteiger partial charge in [-0.3, -0.25) is 4.57 Å². The van der Waals surface area contributed by atoms with Crippen LogP contribution in [0.15, 0.2) is 12.7 Å². The van der Waals surface area contributed by atoms with Gasteiger partial charge in [0.25, 0.3) is 0 Å². The summed E-state index contributed by atoms with van der Waals surface area (Å²) in [7, 11) is 0. The molecular formula is C11H12F3N5O2. The number of hydrogen-bond donors (Lipinski definition) is 2. The quantitative estimate of drug-likeness (QED) is 0.854. The summed E-state index contributed by atoms with van der Waals surface area (Å²) in [5.74, 6) is -1.59. The highest BCUT2D eigenvalue weighted by Gasteiger charge is 2.51. The number of alkyl halides is 3. The van der Waals surface area contributed by atoms with E-state index in [1.54, 1.807) is 0 Å². The van der Waals surface area contributed by atoms with Gasteiger partial charge in [-0.25, -0.2) is 15.0 Å². The maximum Gasteiger partial charge on any atom is 0.394 e. The van der Waals surface area contributed by atoms with E-state index in [1.807, 2.05) is 0 Å². The lowest BCUT2D eigenvalue weighted by Crippen LogP contribution is -2.32. The smallest absolute Gasteiger partial charge is 0.394 e. The van der Waals surface area contributed by atoms with E-state index >= 15 is 0 Å². The van der Waals surface area contributed by atoms with E-state index < -0.39 is 31.0 Å². The lowest BCUT2D eigenvalue weighted by Gasteiger charge is -2.18. The number of imidazole rings is 1. The number of aliphatic hydroxyl groups is 1. The first-order chi connectivity index (χ1) is 9.91. The topological polar surface area (TPSA) is 99.1 Å². The van der Waals surface area contributed by atoms with Crippen molar-refractivity contribution < 1.29 is 23.0 Å². The summed E-state index contributed by atoms with van der Waals surface area (Å²) in [5, 5.41) is 9.08. The number of nitrogens with two attached hydrogens (primary N) is 1. The van der Waals surface area contributed by atoms with Crippen LogP contribution >= 0.6 is 0 Å². The Kier molecular flexibility index (Phi) is 3.21. The summed E-state index contributed by atoms with van der Waals surface area (Å²) in [6.07, 6.45) is -4.44. The van der Waals surface area contributed by atoms with Crippen molar-refractivity contribution in [3.05, 3.63) is 12.7 Å². The van der Waals surface area contributed by atoms with Crippen LogP contribution in [0.1, 0.15) is 12.6 Å². The number of fused-ring (bicyclic) bond motifs is 1. The summed E-state index contributed by atoms with van der Waals surface area (Å²) in [6, 6.07) is 0. The highest BCUT2D eigenvalue weighted by Crippen LogP contribution is 2.43. The number of nitrogens with zero attached hydrogens (tertiary/aromatic N) is 4. The Labute approximate surface area is 116 Å². The Bertz CT molecular complexity index is 659. The number of ether oxygens (including phenoxy) is 1. The van der Waals surface area contributed by atoms with Crippen molar-refractivity contribution in [1.29, 1.82) is 0 Å². The van der Waals surface area contributed by atoms with E-state index in [-0.39, 0.29) is 12.2 Å². The molecule has 0 bridgehead atoms. The molecule has 0 aliphatic carbocycles. The highest BCUT2D eigenvalue weighted by atomic mass is 19.4. The first-order valence-corrected chi connectivity index (χ1v) is 6.18. The fourth-order valence-corrected chi connectivity index (χ4v) is 2.50. The molecule has 0 aromatic carbocycles. The Balaban J connectivity index is 1.96. The maximum absolute atomic E-state index is 12.9. The standard InChI is InChI=1S/C11H12F3N5O2/c12-11(13,14)5-1-7(21-6(5)2-20)19-4-18-8-9(15)16-3-17-10(8)19/h3-7,20H,1-2H2,(H2,15,16,17)/t5-,6+,7+/m0/s1. The Morgan fingerprint density at radius 1 is 1.38 bits per heavy atom. The monoisotopic (exact) mass is 303 g/mol. The lowest BCUT2D eigenvalue weighted by molar-refractivity contribution is -0.190. The fraction of sp³-hybridized carbons (Fsp3) is 0.545. The molecule has 1 saturated heterocycles. The number of aromatic nitrogens is 4. The Hall–Kier alpha value is -1.94. The number of rotatable bonds is 2. The van der Waals surface area contributed by atoms with Gasteiger partial charge in [0.15, 0.2) is 11.5 Å². The van der Waals surface area contributed by atoms with Gasteiger partial charge in [0, 0.05) is 6.42 Å². The largest absolute Gasteiger partial charge is 0.394 e. The molecule has 0 radical (unpaired) electrons. The van der Waals surface area contributed by atoms with Crippen molar-refractivity contribution in [1.82, 2.24) is 19.5 Å². The molecule has 0 spiro atoms. The average Bonchev–Trinajstić information content (AvgIpc) is 3.01. The second kappa shape index (κ2) is 4.81. The molecule has 2 aromatic rings. The van der Waals surface area contributed by atoms with E-state index in [9.17, 15) is 13.2 Å². The van der Waals surface area contributed by atoms with E-state index in [1.165, 1.54) is 17.2 Å². The minimum Gasteiger partial charge on any atom is -0.394 e. The third-order valence-electron chi connectivity index (χ3n) is 3.53. The second-order valence-electron chi connectivity index (χ2n) is 4.78. The average molecular weight is 303 g/mol. The van der Waals surface area contributed by atoms with Gasteiger partial charge < -0.3 is 15.6 Å². The molecule has 7 nitrogen and oxygen atoms in total.